The van der Waals surface area contributed by atoms with E-state index in [1.54, 1.807) is 17.2 Å². The number of hydrogen-bond donors (Lipinski definition) is 1. The molecule has 0 spiro atoms. The number of carbonyl (C=O) groups is 1. The van der Waals surface area contributed by atoms with E-state index >= 15 is 0 Å². The van der Waals surface area contributed by atoms with Crippen molar-refractivity contribution in [1.29, 1.82) is 0 Å². The van der Waals surface area contributed by atoms with Gasteiger partial charge in [0.15, 0.2) is 0 Å². The second-order valence-corrected chi connectivity index (χ2v) is 8.72. The molecule has 1 aromatic heterocycles. The summed E-state index contributed by atoms with van der Waals surface area (Å²) >= 11 is 9.61. The summed E-state index contributed by atoms with van der Waals surface area (Å²) in [4.78, 5) is 18.2. The van der Waals surface area contributed by atoms with Crippen molar-refractivity contribution in [2.45, 2.75) is 45.8 Å². The third-order valence-electron chi connectivity index (χ3n) is 4.39. The summed E-state index contributed by atoms with van der Waals surface area (Å²) in [6.07, 6.45) is 1.24. The minimum atomic E-state index is -1.15. The van der Waals surface area contributed by atoms with Crippen LogP contribution in [0.5, 0.6) is 0 Å². The fraction of sp³-hybridized carbons (Fsp3) is 0.647. The maximum atomic E-state index is 12.3. The Labute approximate surface area is 156 Å². The molecule has 2 heterocycles. The number of piperidine rings is 1. The fourth-order valence-corrected chi connectivity index (χ4v) is 3.97. The van der Waals surface area contributed by atoms with Gasteiger partial charge in [-0.1, -0.05) is 25.4 Å². The SMILES string of the molecule is C[C@@H]1CN(C(=O)OC(C)(C)C)C[C@H](C)C1(O)c1cnc(Br)cc1Cl. The number of hydrogen-bond acceptors (Lipinski definition) is 4. The third-order valence-corrected chi connectivity index (χ3v) is 5.14. The molecule has 1 N–H and O–H groups in total. The van der Waals surface area contributed by atoms with E-state index in [-0.39, 0.29) is 17.9 Å². The Morgan fingerprint density at radius 1 is 1.42 bits per heavy atom. The molecule has 0 bridgehead atoms. The van der Waals surface area contributed by atoms with E-state index in [0.29, 0.717) is 28.3 Å². The van der Waals surface area contributed by atoms with Crippen LogP contribution in [0.15, 0.2) is 16.9 Å². The molecule has 24 heavy (non-hydrogen) atoms. The van der Waals surface area contributed by atoms with E-state index in [1.165, 1.54) is 0 Å². The van der Waals surface area contributed by atoms with E-state index in [0.717, 1.165) is 0 Å². The lowest BCUT2D eigenvalue weighted by Gasteiger charge is -2.48. The zero-order valence-electron chi connectivity index (χ0n) is 14.6. The number of ether oxygens (including phenoxy) is 1. The van der Waals surface area contributed by atoms with Crippen LogP contribution >= 0.6 is 27.5 Å². The van der Waals surface area contributed by atoms with Gasteiger partial charge >= 0.3 is 6.09 Å². The predicted octanol–water partition coefficient (Wildman–Crippen LogP) is 4.21. The van der Waals surface area contributed by atoms with Crippen LogP contribution in [0.25, 0.3) is 0 Å². The highest BCUT2D eigenvalue weighted by Gasteiger charge is 2.48. The first-order valence-electron chi connectivity index (χ1n) is 7.97. The van der Waals surface area contributed by atoms with Gasteiger partial charge in [0, 0.05) is 36.7 Å². The average molecular weight is 420 g/mol. The van der Waals surface area contributed by atoms with Crippen LogP contribution in [0.4, 0.5) is 4.79 Å². The van der Waals surface area contributed by atoms with Crippen LogP contribution in [0.2, 0.25) is 5.02 Å². The van der Waals surface area contributed by atoms with Crippen LogP contribution in [-0.4, -0.2) is 39.8 Å². The third kappa shape index (κ3) is 3.86. The molecule has 0 aliphatic carbocycles. The Morgan fingerprint density at radius 3 is 2.42 bits per heavy atom. The number of pyridine rings is 1. The zero-order chi connectivity index (χ0) is 18.3. The van der Waals surface area contributed by atoms with Gasteiger partial charge in [-0.25, -0.2) is 9.78 Å². The average Bonchev–Trinajstić information content (AvgIpc) is 2.42. The van der Waals surface area contributed by atoms with Crippen molar-refractivity contribution in [3.8, 4) is 0 Å². The largest absolute Gasteiger partial charge is 0.444 e. The fourth-order valence-electron chi connectivity index (χ4n) is 3.21. The number of amides is 1. The monoisotopic (exact) mass is 418 g/mol. The molecular formula is C17H24BrClN2O3. The van der Waals surface area contributed by atoms with Gasteiger partial charge in [0.05, 0.1) is 5.02 Å². The van der Waals surface area contributed by atoms with Gasteiger partial charge in [-0.2, -0.15) is 0 Å². The Balaban J connectivity index is 2.26. The van der Waals surface area contributed by atoms with Crippen molar-refractivity contribution in [2.24, 2.45) is 11.8 Å². The lowest BCUT2D eigenvalue weighted by atomic mass is 9.71. The Kier molecular flexibility index (Phi) is 5.52. The summed E-state index contributed by atoms with van der Waals surface area (Å²) in [5, 5.41) is 11.8. The quantitative estimate of drug-likeness (QED) is 0.693. The van der Waals surface area contributed by atoms with Crippen LogP contribution in [0.3, 0.4) is 0 Å². The molecule has 5 nitrogen and oxygen atoms in total. The molecule has 1 unspecified atom stereocenters. The number of carbonyl (C=O) groups excluding carboxylic acids is 1. The topological polar surface area (TPSA) is 62.7 Å². The number of halogens is 2. The van der Waals surface area contributed by atoms with Gasteiger partial charge < -0.3 is 14.7 Å². The van der Waals surface area contributed by atoms with Crippen molar-refractivity contribution < 1.29 is 14.6 Å². The molecule has 7 heteroatoms. The number of likely N-dealkylation sites (tertiary alicyclic amines) is 1. The maximum absolute atomic E-state index is 12.3. The number of rotatable bonds is 1. The summed E-state index contributed by atoms with van der Waals surface area (Å²) in [5.74, 6) is -0.427. The minimum Gasteiger partial charge on any atom is -0.444 e. The summed E-state index contributed by atoms with van der Waals surface area (Å²) in [6.45, 7) is 10.1. The molecule has 1 aliphatic heterocycles. The van der Waals surface area contributed by atoms with Crippen LogP contribution in [-0.2, 0) is 10.3 Å². The van der Waals surface area contributed by atoms with E-state index in [4.69, 9.17) is 16.3 Å². The summed E-state index contributed by atoms with van der Waals surface area (Å²) in [6, 6.07) is 1.68. The van der Waals surface area contributed by atoms with E-state index < -0.39 is 11.2 Å². The summed E-state index contributed by atoms with van der Waals surface area (Å²) in [5.41, 5.74) is -1.10. The normalized spacial score (nSPS) is 27.9. The van der Waals surface area contributed by atoms with E-state index in [1.807, 2.05) is 34.6 Å². The first-order chi connectivity index (χ1) is 10.9. The highest BCUT2D eigenvalue weighted by atomic mass is 79.9. The van der Waals surface area contributed by atoms with Crippen LogP contribution < -0.4 is 0 Å². The Hall–Kier alpha value is -0.850. The molecule has 1 saturated heterocycles. The second-order valence-electron chi connectivity index (χ2n) is 7.50. The molecule has 1 amide bonds. The van der Waals surface area contributed by atoms with Gasteiger partial charge in [-0.05, 0) is 42.8 Å². The molecule has 1 aromatic rings. The molecular weight excluding hydrogens is 396 g/mol. The summed E-state index contributed by atoms with van der Waals surface area (Å²) < 4.78 is 6.06. The second kappa shape index (κ2) is 6.81. The highest BCUT2D eigenvalue weighted by Crippen LogP contribution is 2.44. The predicted molar refractivity (Wildman–Crippen MR) is 97.0 cm³/mol. The first kappa shape index (κ1) is 19.5. The molecule has 0 saturated carbocycles. The van der Waals surface area contributed by atoms with Gasteiger partial charge in [-0.15, -0.1) is 0 Å². The zero-order valence-corrected chi connectivity index (χ0v) is 17.0. The van der Waals surface area contributed by atoms with Gasteiger partial charge in [0.1, 0.15) is 15.8 Å². The van der Waals surface area contributed by atoms with E-state index in [9.17, 15) is 9.90 Å². The smallest absolute Gasteiger partial charge is 0.410 e. The number of nitrogens with zero attached hydrogens (tertiary/aromatic N) is 2. The highest BCUT2D eigenvalue weighted by molar-refractivity contribution is 9.10. The molecule has 2 rings (SSSR count). The number of aliphatic hydroxyl groups is 1. The van der Waals surface area contributed by atoms with Crippen molar-refractivity contribution in [2.75, 3.05) is 13.1 Å². The van der Waals surface area contributed by atoms with Crippen molar-refractivity contribution in [3.05, 3.63) is 27.5 Å². The maximum Gasteiger partial charge on any atom is 0.410 e. The van der Waals surface area contributed by atoms with E-state index in [2.05, 4.69) is 20.9 Å². The lowest BCUT2D eigenvalue weighted by molar-refractivity contribution is -0.111. The minimum absolute atomic E-state index is 0.214. The van der Waals surface area contributed by atoms with Gasteiger partial charge in [0.2, 0.25) is 0 Å². The molecule has 1 aliphatic rings. The van der Waals surface area contributed by atoms with Crippen LogP contribution in [0, 0.1) is 11.8 Å². The van der Waals surface area contributed by atoms with Crippen LogP contribution in [0.1, 0.15) is 40.2 Å². The molecule has 0 aromatic carbocycles. The van der Waals surface area contributed by atoms with Crippen molar-refractivity contribution in [3.63, 3.8) is 0 Å². The number of aromatic nitrogens is 1. The Bertz CT molecular complexity index is 621. The standard InChI is InChI=1S/C17H24BrClN2O3/c1-10-8-21(15(22)24-16(3,4)5)9-11(2)17(10,23)12-7-20-14(18)6-13(12)19/h6-7,10-11,23H,8-9H2,1-5H3/t10-,11+,17?. The molecule has 1 fully saturated rings. The lowest BCUT2D eigenvalue weighted by Crippen LogP contribution is -2.56. The molecule has 0 radical (unpaired) electrons. The first-order valence-corrected chi connectivity index (χ1v) is 9.14. The van der Waals surface area contributed by atoms with Gasteiger partial charge in [0.25, 0.3) is 0 Å². The van der Waals surface area contributed by atoms with Crippen molar-refractivity contribution >= 4 is 33.6 Å². The molecule has 3 atom stereocenters. The van der Waals surface area contributed by atoms with Crippen molar-refractivity contribution in [1.82, 2.24) is 9.88 Å². The van der Waals surface area contributed by atoms with Gasteiger partial charge in [-0.3, -0.25) is 0 Å². The summed E-state index contributed by atoms with van der Waals surface area (Å²) in [7, 11) is 0. The molecule has 134 valence electrons. The Morgan fingerprint density at radius 2 is 1.96 bits per heavy atom.